The smallest absolute Gasteiger partial charge is 0.222 e. The van der Waals surface area contributed by atoms with E-state index in [2.05, 4.69) is 28.7 Å². The molecule has 0 bridgehead atoms. The highest BCUT2D eigenvalue weighted by atomic mass is 16.5. The van der Waals surface area contributed by atoms with E-state index in [-0.39, 0.29) is 6.10 Å². The van der Waals surface area contributed by atoms with Gasteiger partial charge in [0.05, 0.1) is 18.4 Å². The molecular formula is C23H29N5O2. The van der Waals surface area contributed by atoms with Crippen LogP contribution in [-0.4, -0.2) is 40.4 Å². The quantitative estimate of drug-likeness (QED) is 0.570. The zero-order valence-electron chi connectivity index (χ0n) is 17.8. The molecular weight excluding hydrogens is 378 g/mol. The van der Waals surface area contributed by atoms with Crippen LogP contribution in [0.3, 0.4) is 0 Å². The lowest BCUT2D eigenvalue weighted by atomic mass is 10.0. The number of fused-ring (bicyclic) bond motifs is 1. The van der Waals surface area contributed by atoms with E-state index >= 15 is 0 Å². The van der Waals surface area contributed by atoms with E-state index in [0.29, 0.717) is 12.5 Å². The fraction of sp³-hybridized carbons (Fsp3) is 0.391. The van der Waals surface area contributed by atoms with Crippen molar-refractivity contribution in [1.82, 2.24) is 19.9 Å². The number of rotatable bonds is 7. The van der Waals surface area contributed by atoms with Gasteiger partial charge in [0, 0.05) is 18.3 Å². The molecule has 0 unspecified atom stereocenters. The summed E-state index contributed by atoms with van der Waals surface area (Å²) >= 11 is 0. The number of anilines is 2. The van der Waals surface area contributed by atoms with Crippen LogP contribution in [0.5, 0.6) is 11.6 Å². The van der Waals surface area contributed by atoms with Crippen LogP contribution >= 0.6 is 0 Å². The Hall–Kier alpha value is -3.06. The van der Waals surface area contributed by atoms with E-state index in [0.717, 1.165) is 54.4 Å². The molecule has 4 rings (SSSR count). The van der Waals surface area contributed by atoms with Gasteiger partial charge in [-0.05, 0) is 63.1 Å². The zero-order valence-corrected chi connectivity index (χ0v) is 17.8. The summed E-state index contributed by atoms with van der Waals surface area (Å²) in [5, 5.41) is 11.3. The molecule has 2 N–H and O–H groups in total. The predicted octanol–water partition coefficient (Wildman–Crippen LogP) is 4.26. The summed E-state index contributed by atoms with van der Waals surface area (Å²) in [6.45, 7) is 8.58. The van der Waals surface area contributed by atoms with Gasteiger partial charge in [0.15, 0.2) is 5.65 Å². The van der Waals surface area contributed by atoms with E-state index in [1.54, 1.807) is 10.7 Å². The lowest BCUT2D eigenvalue weighted by Gasteiger charge is -2.28. The standard InChI is InChI=1S/C23H29N5O2/c1-4-6-17-11-13-24-15-20(17)30-23-16(3)22(28-21(27-23)12-14-25-28)26-18-7-9-19(10-8-18)29-5-2/h6-10,12,14,20,24,26H,4-5,11,13,15H2,1-3H3/b17-6+/t20-/m1/s1. The van der Waals surface area contributed by atoms with Gasteiger partial charge in [-0.3, -0.25) is 0 Å². The Balaban J connectivity index is 1.65. The van der Waals surface area contributed by atoms with Crippen molar-refractivity contribution in [3.63, 3.8) is 0 Å². The first-order valence-electron chi connectivity index (χ1n) is 10.6. The van der Waals surface area contributed by atoms with Gasteiger partial charge in [-0.2, -0.15) is 14.6 Å². The molecule has 158 valence electrons. The third-order valence-corrected chi connectivity index (χ3v) is 5.21. The molecule has 2 aromatic heterocycles. The number of nitrogens with one attached hydrogen (secondary N) is 2. The third kappa shape index (κ3) is 4.26. The van der Waals surface area contributed by atoms with Crippen LogP contribution in [-0.2, 0) is 0 Å². The molecule has 1 saturated heterocycles. The molecule has 1 aliphatic rings. The maximum absolute atomic E-state index is 6.42. The lowest BCUT2D eigenvalue weighted by Crippen LogP contribution is -2.39. The average molecular weight is 408 g/mol. The zero-order chi connectivity index (χ0) is 20.9. The Kier molecular flexibility index (Phi) is 6.18. The van der Waals surface area contributed by atoms with E-state index in [9.17, 15) is 0 Å². The Bertz CT molecular complexity index is 1030. The van der Waals surface area contributed by atoms with E-state index in [4.69, 9.17) is 14.5 Å². The van der Waals surface area contributed by atoms with Crippen molar-refractivity contribution in [2.24, 2.45) is 0 Å². The molecule has 0 spiro atoms. The first-order chi connectivity index (χ1) is 14.7. The van der Waals surface area contributed by atoms with Gasteiger partial charge in [0.25, 0.3) is 0 Å². The van der Waals surface area contributed by atoms with Crippen LogP contribution in [0, 0.1) is 6.92 Å². The number of hydrogen-bond donors (Lipinski definition) is 2. The summed E-state index contributed by atoms with van der Waals surface area (Å²) in [6, 6.07) is 9.78. The van der Waals surface area contributed by atoms with Gasteiger partial charge in [-0.15, -0.1) is 0 Å². The molecule has 0 aliphatic carbocycles. The third-order valence-electron chi connectivity index (χ3n) is 5.21. The molecule has 1 atom stereocenters. The normalized spacial score (nSPS) is 18.0. The predicted molar refractivity (Wildman–Crippen MR) is 119 cm³/mol. The number of benzene rings is 1. The first kappa shape index (κ1) is 20.2. The summed E-state index contributed by atoms with van der Waals surface area (Å²) in [5.74, 6) is 2.32. The molecule has 1 aromatic carbocycles. The molecule has 0 radical (unpaired) electrons. The van der Waals surface area contributed by atoms with Crippen molar-refractivity contribution in [2.45, 2.75) is 39.7 Å². The molecule has 3 aromatic rings. The second-order valence-electron chi connectivity index (χ2n) is 7.32. The lowest BCUT2D eigenvalue weighted by molar-refractivity contribution is 0.205. The summed E-state index contributed by atoms with van der Waals surface area (Å²) in [4.78, 5) is 4.73. The Labute approximate surface area is 177 Å². The molecule has 1 aliphatic heterocycles. The summed E-state index contributed by atoms with van der Waals surface area (Å²) < 4.78 is 13.8. The Morgan fingerprint density at radius 3 is 2.83 bits per heavy atom. The van der Waals surface area contributed by atoms with Gasteiger partial charge >= 0.3 is 0 Å². The van der Waals surface area contributed by atoms with Crippen molar-refractivity contribution >= 4 is 17.2 Å². The average Bonchev–Trinajstić information content (AvgIpc) is 3.22. The van der Waals surface area contributed by atoms with E-state index in [1.807, 2.05) is 44.2 Å². The van der Waals surface area contributed by atoms with Crippen LogP contribution in [0.4, 0.5) is 11.5 Å². The summed E-state index contributed by atoms with van der Waals surface area (Å²) in [6.07, 6.45) is 6.03. The van der Waals surface area contributed by atoms with Crippen LogP contribution < -0.4 is 20.1 Å². The van der Waals surface area contributed by atoms with Crippen LogP contribution in [0.15, 0.2) is 48.2 Å². The molecule has 7 heteroatoms. The molecule has 7 nitrogen and oxygen atoms in total. The summed E-state index contributed by atoms with van der Waals surface area (Å²) in [7, 11) is 0. The van der Waals surface area contributed by atoms with Gasteiger partial charge in [-0.25, -0.2) is 0 Å². The van der Waals surface area contributed by atoms with Crippen LogP contribution in [0.2, 0.25) is 0 Å². The topological polar surface area (TPSA) is 72.7 Å². The maximum Gasteiger partial charge on any atom is 0.222 e. The number of aromatic nitrogens is 3. The molecule has 3 heterocycles. The van der Waals surface area contributed by atoms with Gasteiger partial charge in [0.1, 0.15) is 17.7 Å². The molecule has 1 fully saturated rings. The number of nitrogens with zero attached hydrogens (tertiary/aromatic N) is 3. The number of hydrogen-bond acceptors (Lipinski definition) is 6. The van der Waals surface area contributed by atoms with E-state index < -0.39 is 0 Å². The Morgan fingerprint density at radius 1 is 1.23 bits per heavy atom. The van der Waals surface area contributed by atoms with Gasteiger partial charge < -0.3 is 20.1 Å². The largest absolute Gasteiger partial charge is 0.494 e. The SMILES string of the molecule is CC/C=C1\CCNC[C@H]1Oc1nc2ccnn2c(Nc2ccc(OCC)cc2)c1C. The fourth-order valence-corrected chi connectivity index (χ4v) is 3.71. The molecule has 0 saturated carbocycles. The minimum absolute atomic E-state index is 0.00593. The van der Waals surface area contributed by atoms with Crippen LogP contribution in [0.1, 0.15) is 32.3 Å². The van der Waals surface area contributed by atoms with Crippen molar-refractivity contribution in [2.75, 3.05) is 25.0 Å². The fourth-order valence-electron chi connectivity index (χ4n) is 3.71. The number of ether oxygens (including phenoxy) is 2. The Morgan fingerprint density at radius 2 is 2.07 bits per heavy atom. The van der Waals surface area contributed by atoms with E-state index in [1.165, 1.54) is 5.57 Å². The van der Waals surface area contributed by atoms with Crippen LogP contribution in [0.25, 0.3) is 5.65 Å². The maximum atomic E-state index is 6.42. The van der Waals surface area contributed by atoms with Crippen molar-refractivity contribution in [1.29, 1.82) is 0 Å². The highest BCUT2D eigenvalue weighted by molar-refractivity contribution is 5.65. The first-order valence-corrected chi connectivity index (χ1v) is 10.6. The van der Waals surface area contributed by atoms with Crippen molar-refractivity contribution in [3.8, 4) is 11.6 Å². The van der Waals surface area contributed by atoms with Gasteiger partial charge in [0.2, 0.25) is 5.88 Å². The number of allylic oxidation sites excluding steroid dienone is 1. The second kappa shape index (κ2) is 9.17. The highest BCUT2D eigenvalue weighted by Gasteiger charge is 2.23. The minimum atomic E-state index is -0.00593. The minimum Gasteiger partial charge on any atom is -0.494 e. The van der Waals surface area contributed by atoms with Crippen molar-refractivity contribution < 1.29 is 9.47 Å². The number of piperidine rings is 1. The van der Waals surface area contributed by atoms with Crippen molar-refractivity contribution in [3.05, 3.63) is 53.7 Å². The highest BCUT2D eigenvalue weighted by Crippen LogP contribution is 2.30. The molecule has 30 heavy (non-hydrogen) atoms. The monoisotopic (exact) mass is 407 g/mol. The summed E-state index contributed by atoms with van der Waals surface area (Å²) in [5.41, 5.74) is 3.95. The van der Waals surface area contributed by atoms with Gasteiger partial charge in [-0.1, -0.05) is 13.0 Å². The second-order valence-corrected chi connectivity index (χ2v) is 7.32. The molecule has 0 amide bonds.